The maximum absolute atomic E-state index is 11.9. The minimum absolute atomic E-state index is 0.0683. The van der Waals surface area contributed by atoms with Crippen molar-refractivity contribution < 1.29 is 13.2 Å². The Hall–Kier alpha value is -0.660. The van der Waals surface area contributed by atoms with E-state index in [0.717, 1.165) is 5.56 Å². The SMILES string of the molecule is COCCCNS(=O)(=O)c1ccc(CN)cc1Cl. The van der Waals surface area contributed by atoms with Gasteiger partial charge in [-0.2, -0.15) is 0 Å². The zero-order chi connectivity index (χ0) is 13.6. The molecule has 0 aliphatic carbocycles. The van der Waals surface area contributed by atoms with Gasteiger partial charge >= 0.3 is 0 Å². The monoisotopic (exact) mass is 292 g/mol. The second-order valence-electron chi connectivity index (χ2n) is 3.71. The van der Waals surface area contributed by atoms with Crippen molar-refractivity contribution in [3.8, 4) is 0 Å². The number of ether oxygens (including phenoxy) is 1. The average Bonchev–Trinajstić information content (AvgIpc) is 2.34. The van der Waals surface area contributed by atoms with Gasteiger partial charge < -0.3 is 10.5 Å². The van der Waals surface area contributed by atoms with Crippen LogP contribution in [-0.2, 0) is 21.3 Å². The number of rotatable bonds is 7. The predicted octanol–water partition coefficient (Wildman–Crippen LogP) is 1.11. The second kappa shape index (κ2) is 7.06. The molecular formula is C11H17ClN2O3S. The van der Waals surface area contributed by atoms with Gasteiger partial charge in [0.25, 0.3) is 0 Å². The highest BCUT2D eigenvalue weighted by Crippen LogP contribution is 2.22. The van der Waals surface area contributed by atoms with Gasteiger partial charge in [0.15, 0.2) is 0 Å². The predicted molar refractivity (Wildman–Crippen MR) is 71.0 cm³/mol. The molecule has 0 atom stereocenters. The number of hydrogen-bond donors (Lipinski definition) is 2. The van der Waals surface area contributed by atoms with Crippen molar-refractivity contribution in [2.45, 2.75) is 17.9 Å². The molecular weight excluding hydrogens is 276 g/mol. The summed E-state index contributed by atoms with van der Waals surface area (Å²) in [5, 5.41) is 0.178. The van der Waals surface area contributed by atoms with Crippen molar-refractivity contribution in [1.82, 2.24) is 4.72 Å². The fraction of sp³-hybridized carbons (Fsp3) is 0.455. The van der Waals surface area contributed by atoms with Crippen molar-refractivity contribution >= 4 is 21.6 Å². The summed E-state index contributed by atoms with van der Waals surface area (Å²) in [5.74, 6) is 0. The summed E-state index contributed by atoms with van der Waals surface area (Å²) in [5.41, 5.74) is 6.24. The first-order valence-electron chi connectivity index (χ1n) is 5.48. The van der Waals surface area contributed by atoms with Gasteiger partial charge in [0.2, 0.25) is 10.0 Å². The molecule has 0 saturated carbocycles. The van der Waals surface area contributed by atoms with Crippen molar-refractivity contribution in [3.63, 3.8) is 0 Å². The summed E-state index contributed by atoms with van der Waals surface area (Å²) in [6.45, 7) is 1.13. The van der Waals surface area contributed by atoms with E-state index < -0.39 is 10.0 Å². The first-order chi connectivity index (χ1) is 8.51. The molecule has 0 unspecified atom stereocenters. The van der Waals surface area contributed by atoms with Gasteiger partial charge in [0, 0.05) is 26.8 Å². The number of benzene rings is 1. The standard InChI is InChI=1S/C11H17ClN2O3S/c1-17-6-2-5-14-18(15,16)11-4-3-9(8-13)7-10(11)12/h3-4,7,14H,2,5-6,8,13H2,1H3. The molecule has 1 aromatic rings. The van der Waals surface area contributed by atoms with E-state index >= 15 is 0 Å². The summed E-state index contributed by atoms with van der Waals surface area (Å²) < 4.78 is 31.2. The van der Waals surface area contributed by atoms with E-state index in [4.69, 9.17) is 22.1 Å². The van der Waals surface area contributed by atoms with Gasteiger partial charge in [-0.3, -0.25) is 0 Å². The molecule has 0 fully saturated rings. The van der Waals surface area contributed by atoms with Crippen LogP contribution in [-0.4, -0.2) is 28.7 Å². The third-order valence-corrected chi connectivity index (χ3v) is 4.28. The van der Waals surface area contributed by atoms with Gasteiger partial charge in [-0.15, -0.1) is 0 Å². The first kappa shape index (κ1) is 15.4. The van der Waals surface area contributed by atoms with E-state index in [1.807, 2.05) is 0 Å². The summed E-state index contributed by atoms with van der Waals surface area (Å²) >= 11 is 5.93. The Labute approximate surface area is 112 Å². The lowest BCUT2D eigenvalue weighted by atomic mass is 10.2. The molecule has 0 aliphatic rings. The lowest BCUT2D eigenvalue weighted by Crippen LogP contribution is -2.25. The Morgan fingerprint density at radius 3 is 2.72 bits per heavy atom. The Morgan fingerprint density at radius 1 is 1.44 bits per heavy atom. The van der Waals surface area contributed by atoms with Gasteiger partial charge in [-0.1, -0.05) is 17.7 Å². The molecule has 0 saturated heterocycles. The van der Waals surface area contributed by atoms with Crippen LogP contribution in [0.4, 0.5) is 0 Å². The zero-order valence-electron chi connectivity index (χ0n) is 10.1. The normalized spacial score (nSPS) is 11.7. The summed E-state index contributed by atoms with van der Waals surface area (Å²) in [6.07, 6.45) is 0.605. The van der Waals surface area contributed by atoms with Crippen molar-refractivity contribution in [3.05, 3.63) is 28.8 Å². The van der Waals surface area contributed by atoms with Crippen LogP contribution in [0.5, 0.6) is 0 Å². The third kappa shape index (κ3) is 4.22. The molecule has 7 heteroatoms. The smallest absolute Gasteiger partial charge is 0.242 e. The average molecular weight is 293 g/mol. The fourth-order valence-corrected chi connectivity index (χ4v) is 3.03. The quantitative estimate of drug-likeness (QED) is 0.738. The van der Waals surface area contributed by atoms with Crippen LogP contribution in [0.25, 0.3) is 0 Å². The molecule has 0 amide bonds. The van der Waals surface area contributed by atoms with Crippen molar-refractivity contribution in [1.29, 1.82) is 0 Å². The summed E-state index contributed by atoms with van der Waals surface area (Å²) in [6, 6.07) is 4.67. The van der Waals surface area contributed by atoms with Crippen LogP contribution in [0.3, 0.4) is 0 Å². The Balaban J connectivity index is 2.78. The maximum atomic E-state index is 11.9. The number of methoxy groups -OCH3 is 1. The van der Waals surface area contributed by atoms with Crippen LogP contribution in [0, 0.1) is 0 Å². The Morgan fingerprint density at radius 2 is 2.17 bits per heavy atom. The molecule has 102 valence electrons. The van der Waals surface area contributed by atoms with Crippen LogP contribution >= 0.6 is 11.6 Å². The van der Waals surface area contributed by atoms with Gasteiger partial charge in [-0.05, 0) is 24.1 Å². The molecule has 0 radical (unpaired) electrons. The summed E-state index contributed by atoms with van der Waals surface area (Å²) in [7, 11) is -2.01. The molecule has 0 heterocycles. The lowest BCUT2D eigenvalue weighted by molar-refractivity contribution is 0.196. The molecule has 0 aromatic heterocycles. The largest absolute Gasteiger partial charge is 0.385 e. The molecule has 18 heavy (non-hydrogen) atoms. The molecule has 1 rings (SSSR count). The van der Waals surface area contributed by atoms with E-state index in [9.17, 15) is 8.42 Å². The molecule has 0 bridgehead atoms. The van der Waals surface area contributed by atoms with Crippen LogP contribution in [0.1, 0.15) is 12.0 Å². The topological polar surface area (TPSA) is 81.4 Å². The molecule has 0 spiro atoms. The minimum atomic E-state index is -3.57. The number of nitrogens with two attached hydrogens (primary N) is 1. The number of halogens is 1. The van der Waals surface area contributed by atoms with E-state index in [2.05, 4.69) is 4.72 Å². The molecule has 5 nitrogen and oxygen atoms in total. The summed E-state index contributed by atoms with van der Waals surface area (Å²) in [4.78, 5) is 0.0683. The molecule has 3 N–H and O–H groups in total. The Bertz CT molecular complexity index is 491. The molecule has 1 aromatic carbocycles. The van der Waals surface area contributed by atoms with Gasteiger partial charge in [-0.25, -0.2) is 13.1 Å². The van der Waals surface area contributed by atoms with Crippen molar-refractivity contribution in [2.24, 2.45) is 5.73 Å². The van der Waals surface area contributed by atoms with Crippen molar-refractivity contribution in [2.75, 3.05) is 20.3 Å². The Kier molecular flexibility index (Phi) is 6.04. The number of sulfonamides is 1. The maximum Gasteiger partial charge on any atom is 0.242 e. The zero-order valence-corrected chi connectivity index (χ0v) is 11.7. The van der Waals surface area contributed by atoms with E-state index in [-0.39, 0.29) is 9.92 Å². The third-order valence-electron chi connectivity index (χ3n) is 2.34. The highest BCUT2D eigenvalue weighted by Gasteiger charge is 2.17. The van der Waals surface area contributed by atoms with Crippen LogP contribution < -0.4 is 10.5 Å². The molecule has 0 aliphatic heterocycles. The lowest BCUT2D eigenvalue weighted by Gasteiger charge is -2.09. The van der Waals surface area contributed by atoms with E-state index in [1.54, 1.807) is 19.2 Å². The fourth-order valence-electron chi connectivity index (χ4n) is 1.39. The minimum Gasteiger partial charge on any atom is -0.385 e. The highest BCUT2D eigenvalue weighted by atomic mass is 35.5. The van der Waals surface area contributed by atoms with Gasteiger partial charge in [0.1, 0.15) is 4.90 Å². The van der Waals surface area contributed by atoms with Crippen LogP contribution in [0.15, 0.2) is 23.1 Å². The highest BCUT2D eigenvalue weighted by molar-refractivity contribution is 7.89. The van der Waals surface area contributed by atoms with E-state index in [0.29, 0.717) is 26.1 Å². The number of nitrogens with one attached hydrogen (secondary N) is 1. The first-order valence-corrected chi connectivity index (χ1v) is 7.34. The second-order valence-corrected chi connectivity index (χ2v) is 5.86. The number of hydrogen-bond acceptors (Lipinski definition) is 4. The van der Waals surface area contributed by atoms with Gasteiger partial charge in [0.05, 0.1) is 5.02 Å². The van der Waals surface area contributed by atoms with Crippen LogP contribution in [0.2, 0.25) is 5.02 Å². The van der Waals surface area contributed by atoms with E-state index in [1.165, 1.54) is 6.07 Å².